The lowest BCUT2D eigenvalue weighted by atomic mass is 10.1. The maximum atomic E-state index is 12.2. The molecule has 1 N–H and O–H groups in total. The SMILES string of the molecule is Cc1ccc([N+](=O)[O-])c(NC(=O)COC(=O)c2ccc3c(c2)OCCO3)c1C. The summed E-state index contributed by atoms with van der Waals surface area (Å²) in [6, 6.07) is 7.49. The molecule has 1 heterocycles. The van der Waals surface area contributed by atoms with Crippen molar-refractivity contribution in [2.24, 2.45) is 0 Å². The Morgan fingerprint density at radius 1 is 1.14 bits per heavy atom. The largest absolute Gasteiger partial charge is 0.486 e. The van der Waals surface area contributed by atoms with Crippen molar-refractivity contribution in [1.82, 2.24) is 0 Å². The highest BCUT2D eigenvalue weighted by molar-refractivity contribution is 5.97. The Morgan fingerprint density at radius 2 is 1.86 bits per heavy atom. The van der Waals surface area contributed by atoms with E-state index in [4.69, 9.17) is 14.2 Å². The lowest BCUT2D eigenvalue weighted by Gasteiger charge is -2.18. The van der Waals surface area contributed by atoms with Crippen molar-refractivity contribution in [1.29, 1.82) is 0 Å². The van der Waals surface area contributed by atoms with Crippen LogP contribution in [0.2, 0.25) is 0 Å². The Hall–Kier alpha value is -3.62. The lowest BCUT2D eigenvalue weighted by molar-refractivity contribution is -0.384. The molecule has 1 aliphatic rings. The van der Waals surface area contributed by atoms with E-state index in [1.165, 1.54) is 18.2 Å². The molecule has 0 bridgehead atoms. The number of anilines is 1. The maximum Gasteiger partial charge on any atom is 0.338 e. The number of nitrogens with zero attached hydrogens (tertiary/aromatic N) is 1. The van der Waals surface area contributed by atoms with Gasteiger partial charge in [0.2, 0.25) is 0 Å². The zero-order valence-electron chi connectivity index (χ0n) is 15.3. The van der Waals surface area contributed by atoms with Crippen molar-refractivity contribution >= 4 is 23.3 Å². The molecule has 0 spiro atoms. The van der Waals surface area contributed by atoms with Gasteiger partial charge in [-0.2, -0.15) is 0 Å². The van der Waals surface area contributed by atoms with Gasteiger partial charge >= 0.3 is 5.97 Å². The summed E-state index contributed by atoms with van der Waals surface area (Å²) in [7, 11) is 0. The molecule has 9 nitrogen and oxygen atoms in total. The minimum absolute atomic E-state index is 0.0883. The standard InChI is InChI=1S/C19H18N2O7/c1-11-3-5-14(21(24)25)18(12(11)2)20-17(22)10-28-19(23)13-4-6-15-16(9-13)27-8-7-26-15/h3-6,9H,7-8,10H2,1-2H3,(H,20,22). The first kappa shape index (κ1) is 19.2. The quantitative estimate of drug-likeness (QED) is 0.477. The number of nitrogens with one attached hydrogen (secondary N) is 1. The van der Waals surface area contributed by atoms with Crippen LogP contribution in [0, 0.1) is 24.0 Å². The van der Waals surface area contributed by atoms with E-state index < -0.39 is 23.4 Å². The molecule has 1 aliphatic heterocycles. The number of esters is 1. The van der Waals surface area contributed by atoms with E-state index in [1.54, 1.807) is 26.0 Å². The minimum Gasteiger partial charge on any atom is -0.486 e. The number of ether oxygens (including phenoxy) is 3. The van der Waals surface area contributed by atoms with Crippen molar-refractivity contribution in [3.8, 4) is 11.5 Å². The summed E-state index contributed by atoms with van der Waals surface area (Å²) in [6.45, 7) is 3.66. The Labute approximate surface area is 160 Å². The molecule has 0 aromatic heterocycles. The molecule has 3 rings (SSSR count). The molecule has 9 heteroatoms. The third-order valence-electron chi connectivity index (χ3n) is 4.29. The second kappa shape index (κ2) is 7.95. The van der Waals surface area contributed by atoms with Crippen molar-refractivity contribution in [2.45, 2.75) is 13.8 Å². The predicted octanol–water partition coefficient (Wildman–Crippen LogP) is 2.78. The highest BCUT2D eigenvalue weighted by Crippen LogP contribution is 2.31. The molecule has 0 saturated heterocycles. The highest BCUT2D eigenvalue weighted by atomic mass is 16.6. The van der Waals surface area contributed by atoms with E-state index in [2.05, 4.69) is 5.32 Å². The third kappa shape index (κ3) is 4.03. The average Bonchev–Trinajstić information content (AvgIpc) is 2.69. The number of carbonyl (C=O) groups excluding carboxylic acids is 2. The third-order valence-corrected chi connectivity index (χ3v) is 4.29. The van der Waals surface area contributed by atoms with Gasteiger partial charge in [-0.05, 0) is 43.2 Å². The molecule has 28 heavy (non-hydrogen) atoms. The lowest BCUT2D eigenvalue weighted by Crippen LogP contribution is -2.22. The number of aryl methyl sites for hydroxylation is 1. The Kier molecular flexibility index (Phi) is 5.44. The zero-order valence-corrected chi connectivity index (χ0v) is 15.3. The number of hydrogen-bond donors (Lipinski definition) is 1. The molecule has 146 valence electrons. The summed E-state index contributed by atoms with van der Waals surface area (Å²) in [5.74, 6) is -0.441. The molecular formula is C19H18N2O7. The van der Waals surface area contributed by atoms with E-state index in [0.717, 1.165) is 5.56 Å². The molecule has 0 saturated carbocycles. The second-order valence-electron chi connectivity index (χ2n) is 6.14. The van der Waals surface area contributed by atoms with Gasteiger partial charge < -0.3 is 19.5 Å². The number of carbonyl (C=O) groups is 2. The van der Waals surface area contributed by atoms with Crippen LogP contribution < -0.4 is 14.8 Å². The summed E-state index contributed by atoms with van der Waals surface area (Å²) in [5.41, 5.74) is 1.42. The number of nitro benzene ring substituents is 1. The van der Waals surface area contributed by atoms with Crippen LogP contribution in [-0.2, 0) is 9.53 Å². The van der Waals surface area contributed by atoms with E-state index in [-0.39, 0.29) is 16.9 Å². The van der Waals surface area contributed by atoms with Gasteiger partial charge in [-0.25, -0.2) is 4.79 Å². The van der Waals surface area contributed by atoms with E-state index in [0.29, 0.717) is 30.3 Å². The van der Waals surface area contributed by atoms with Crippen molar-refractivity contribution in [3.05, 3.63) is 57.1 Å². The first-order valence-electron chi connectivity index (χ1n) is 8.48. The second-order valence-corrected chi connectivity index (χ2v) is 6.14. The van der Waals surface area contributed by atoms with E-state index in [9.17, 15) is 19.7 Å². The van der Waals surface area contributed by atoms with Gasteiger partial charge in [-0.15, -0.1) is 0 Å². The first-order chi connectivity index (χ1) is 13.4. The van der Waals surface area contributed by atoms with Crippen molar-refractivity contribution in [3.63, 3.8) is 0 Å². The van der Waals surface area contributed by atoms with Gasteiger partial charge in [0, 0.05) is 6.07 Å². The van der Waals surface area contributed by atoms with Crippen LogP contribution in [0.25, 0.3) is 0 Å². The summed E-state index contributed by atoms with van der Waals surface area (Å²) in [6.07, 6.45) is 0. The van der Waals surface area contributed by atoms with Gasteiger partial charge in [-0.3, -0.25) is 14.9 Å². The summed E-state index contributed by atoms with van der Waals surface area (Å²) in [5, 5.41) is 13.6. The predicted molar refractivity (Wildman–Crippen MR) is 98.9 cm³/mol. The van der Waals surface area contributed by atoms with Gasteiger partial charge in [-0.1, -0.05) is 6.07 Å². The van der Waals surface area contributed by atoms with Crippen LogP contribution in [0.4, 0.5) is 11.4 Å². The van der Waals surface area contributed by atoms with Crippen LogP contribution in [-0.4, -0.2) is 36.6 Å². The Bertz CT molecular complexity index is 956. The van der Waals surface area contributed by atoms with E-state index >= 15 is 0 Å². The number of amides is 1. The Morgan fingerprint density at radius 3 is 2.57 bits per heavy atom. The number of fused-ring (bicyclic) bond motifs is 1. The van der Waals surface area contributed by atoms with Crippen molar-refractivity contribution in [2.75, 3.05) is 25.1 Å². The fraction of sp³-hybridized carbons (Fsp3) is 0.263. The summed E-state index contributed by atoms with van der Waals surface area (Å²) < 4.78 is 15.8. The van der Waals surface area contributed by atoms with Gasteiger partial charge in [0.15, 0.2) is 18.1 Å². The van der Waals surface area contributed by atoms with Gasteiger partial charge in [0.1, 0.15) is 18.9 Å². The van der Waals surface area contributed by atoms with Crippen LogP contribution in [0.5, 0.6) is 11.5 Å². The molecule has 0 radical (unpaired) electrons. The zero-order chi connectivity index (χ0) is 20.3. The van der Waals surface area contributed by atoms with Crippen LogP contribution in [0.3, 0.4) is 0 Å². The van der Waals surface area contributed by atoms with Crippen LogP contribution >= 0.6 is 0 Å². The normalized spacial score (nSPS) is 12.2. The van der Waals surface area contributed by atoms with Crippen molar-refractivity contribution < 1.29 is 28.7 Å². The van der Waals surface area contributed by atoms with Crippen LogP contribution in [0.15, 0.2) is 30.3 Å². The fourth-order valence-corrected chi connectivity index (χ4v) is 2.67. The molecule has 2 aromatic rings. The average molecular weight is 386 g/mol. The van der Waals surface area contributed by atoms with E-state index in [1.807, 2.05) is 0 Å². The topological polar surface area (TPSA) is 117 Å². The number of benzene rings is 2. The van der Waals surface area contributed by atoms with Gasteiger partial charge in [0.05, 0.1) is 10.5 Å². The molecular weight excluding hydrogens is 368 g/mol. The molecule has 0 atom stereocenters. The molecule has 2 aromatic carbocycles. The summed E-state index contributed by atoms with van der Waals surface area (Å²) in [4.78, 5) is 34.9. The molecule has 0 unspecified atom stereocenters. The Balaban J connectivity index is 1.66. The maximum absolute atomic E-state index is 12.2. The minimum atomic E-state index is -0.720. The summed E-state index contributed by atoms with van der Waals surface area (Å²) >= 11 is 0. The van der Waals surface area contributed by atoms with Gasteiger partial charge in [0.25, 0.3) is 11.6 Å². The molecule has 0 aliphatic carbocycles. The van der Waals surface area contributed by atoms with Crippen LogP contribution in [0.1, 0.15) is 21.5 Å². The number of nitro groups is 1. The highest BCUT2D eigenvalue weighted by Gasteiger charge is 2.21. The number of hydrogen-bond acceptors (Lipinski definition) is 7. The molecule has 1 amide bonds. The monoisotopic (exact) mass is 386 g/mol. The smallest absolute Gasteiger partial charge is 0.338 e. The fourth-order valence-electron chi connectivity index (χ4n) is 2.67. The molecule has 0 fully saturated rings. The first-order valence-corrected chi connectivity index (χ1v) is 8.48. The number of rotatable bonds is 5.